The van der Waals surface area contributed by atoms with Gasteiger partial charge in [0.05, 0.1) is 11.8 Å². The normalized spacial score (nSPS) is 20.4. The van der Waals surface area contributed by atoms with Crippen LogP contribution in [0.15, 0.2) is 42.6 Å². The fourth-order valence-electron chi connectivity index (χ4n) is 2.39. The summed E-state index contributed by atoms with van der Waals surface area (Å²) in [4.78, 5) is 12.1. The Hall–Kier alpha value is -1.89. The van der Waals surface area contributed by atoms with Gasteiger partial charge in [0.15, 0.2) is 5.82 Å². The molecule has 3 N–H and O–H groups in total. The molecule has 22 heavy (non-hydrogen) atoms. The standard InChI is InChI=1S/C15H18N4O2.ClH/c16-10-12-6-7-13(21-12)15(20)17-14-8-9-19(18-14)11-4-2-1-3-5-11;/h1-5,8-9,12-13H,6-7,10,16H2,(H,17,18,20);1H/t12-,13+;/m1./s1. The Labute approximate surface area is 135 Å². The van der Waals surface area contributed by atoms with Crippen LogP contribution in [0.5, 0.6) is 0 Å². The summed E-state index contributed by atoms with van der Waals surface area (Å²) in [5.41, 5.74) is 6.49. The lowest BCUT2D eigenvalue weighted by Gasteiger charge is -2.11. The molecule has 2 aromatic rings. The van der Waals surface area contributed by atoms with E-state index >= 15 is 0 Å². The third kappa shape index (κ3) is 3.65. The number of hydrogen-bond acceptors (Lipinski definition) is 4. The van der Waals surface area contributed by atoms with E-state index in [1.54, 1.807) is 10.7 Å². The van der Waals surface area contributed by atoms with Gasteiger partial charge in [0.2, 0.25) is 0 Å². The highest BCUT2D eigenvalue weighted by molar-refractivity contribution is 5.93. The van der Waals surface area contributed by atoms with E-state index in [1.807, 2.05) is 36.5 Å². The average Bonchev–Trinajstić information content (AvgIpc) is 3.17. The van der Waals surface area contributed by atoms with Crippen LogP contribution in [0.2, 0.25) is 0 Å². The first kappa shape index (κ1) is 16.5. The second-order valence-corrected chi connectivity index (χ2v) is 5.03. The second-order valence-electron chi connectivity index (χ2n) is 5.03. The van der Waals surface area contributed by atoms with Crippen molar-refractivity contribution >= 4 is 24.1 Å². The summed E-state index contributed by atoms with van der Waals surface area (Å²) in [5.74, 6) is 0.355. The number of nitrogens with zero attached hydrogens (tertiary/aromatic N) is 2. The highest BCUT2D eigenvalue weighted by atomic mass is 35.5. The van der Waals surface area contributed by atoms with Gasteiger partial charge in [-0.2, -0.15) is 5.10 Å². The molecule has 1 aliphatic heterocycles. The minimum absolute atomic E-state index is 0. The molecule has 1 aromatic heterocycles. The Balaban J connectivity index is 0.00000176. The summed E-state index contributed by atoms with van der Waals surface area (Å²) in [7, 11) is 0. The van der Waals surface area contributed by atoms with Gasteiger partial charge in [0.1, 0.15) is 6.10 Å². The molecule has 1 saturated heterocycles. The number of anilines is 1. The number of nitrogens with two attached hydrogens (primary N) is 1. The molecule has 7 heteroatoms. The minimum atomic E-state index is -0.430. The zero-order chi connectivity index (χ0) is 14.7. The lowest BCUT2D eigenvalue weighted by Crippen LogP contribution is -2.30. The third-order valence-corrected chi connectivity index (χ3v) is 3.52. The summed E-state index contributed by atoms with van der Waals surface area (Å²) in [6.07, 6.45) is 2.89. The molecule has 0 aliphatic carbocycles. The molecule has 1 amide bonds. The Kier molecular flexibility index (Phi) is 5.54. The number of carbonyl (C=O) groups is 1. The van der Waals surface area contributed by atoms with Gasteiger partial charge in [-0.25, -0.2) is 4.68 Å². The van der Waals surface area contributed by atoms with Crippen molar-refractivity contribution in [1.82, 2.24) is 9.78 Å². The van der Waals surface area contributed by atoms with Crippen LogP contribution < -0.4 is 11.1 Å². The van der Waals surface area contributed by atoms with Crippen LogP contribution in [0.4, 0.5) is 5.82 Å². The fraction of sp³-hybridized carbons (Fsp3) is 0.333. The van der Waals surface area contributed by atoms with Crippen LogP contribution in [-0.2, 0) is 9.53 Å². The van der Waals surface area contributed by atoms with Crippen LogP contribution in [0.1, 0.15) is 12.8 Å². The van der Waals surface area contributed by atoms with Crippen LogP contribution in [-0.4, -0.2) is 34.4 Å². The van der Waals surface area contributed by atoms with Gasteiger partial charge in [-0.1, -0.05) is 18.2 Å². The Bertz CT molecular complexity index is 617. The predicted octanol–water partition coefficient (Wildman–Crippen LogP) is 1.74. The van der Waals surface area contributed by atoms with Crippen LogP contribution in [0.25, 0.3) is 5.69 Å². The molecular weight excluding hydrogens is 304 g/mol. The van der Waals surface area contributed by atoms with E-state index in [-0.39, 0.29) is 24.4 Å². The van der Waals surface area contributed by atoms with Crippen molar-refractivity contribution in [3.63, 3.8) is 0 Å². The summed E-state index contributed by atoms with van der Waals surface area (Å²) in [5, 5.41) is 7.12. The number of benzene rings is 1. The number of amides is 1. The van der Waals surface area contributed by atoms with E-state index in [4.69, 9.17) is 10.5 Å². The van der Waals surface area contributed by atoms with E-state index in [9.17, 15) is 4.79 Å². The molecule has 0 radical (unpaired) electrons. The highest BCUT2D eigenvalue weighted by Crippen LogP contribution is 2.20. The van der Waals surface area contributed by atoms with E-state index in [1.165, 1.54) is 0 Å². The SMILES string of the molecule is Cl.NC[C@H]1CC[C@@H](C(=O)Nc2ccn(-c3ccccc3)n2)O1. The van der Waals surface area contributed by atoms with E-state index in [0.29, 0.717) is 18.8 Å². The summed E-state index contributed by atoms with van der Waals surface area (Å²) in [6, 6.07) is 11.5. The molecule has 2 heterocycles. The molecule has 2 atom stereocenters. The fourth-order valence-corrected chi connectivity index (χ4v) is 2.39. The molecule has 118 valence electrons. The first-order chi connectivity index (χ1) is 10.3. The zero-order valence-corrected chi connectivity index (χ0v) is 12.8. The highest BCUT2D eigenvalue weighted by Gasteiger charge is 2.30. The molecule has 0 unspecified atom stereocenters. The number of hydrogen-bond donors (Lipinski definition) is 2. The maximum atomic E-state index is 12.1. The Morgan fingerprint density at radius 3 is 2.77 bits per heavy atom. The van der Waals surface area contributed by atoms with E-state index in [0.717, 1.165) is 12.1 Å². The monoisotopic (exact) mass is 322 g/mol. The molecular formula is C15H19ClN4O2. The number of halogens is 1. The largest absolute Gasteiger partial charge is 0.364 e. The first-order valence-corrected chi connectivity index (χ1v) is 7.04. The van der Waals surface area contributed by atoms with Gasteiger partial charge in [-0.05, 0) is 25.0 Å². The summed E-state index contributed by atoms with van der Waals surface area (Å²) < 4.78 is 7.28. The van der Waals surface area contributed by atoms with Crippen molar-refractivity contribution in [1.29, 1.82) is 0 Å². The van der Waals surface area contributed by atoms with Crippen LogP contribution >= 0.6 is 12.4 Å². The lowest BCUT2D eigenvalue weighted by atomic mass is 10.2. The smallest absolute Gasteiger partial charge is 0.254 e. The predicted molar refractivity (Wildman–Crippen MR) is 86.4 cm³/mol. The number of aromatic nitrogens is 2. The number of nitrogens with one attached hydrogen (secondary N) is 1. The van der Waals surface area contributed by atoms with Gasteiger partial charge < -0.3 is 15.8 Å². The van der Waals surface area contributed by atoms with Crippen LogP contribution in [0, 0.1) is 0 Å². The Morgan fingerprint density at radius 1 is 1.32 bits per heavy atom. The summed E-state index contributed by atoms with van der Waals surface area (Å²) in [6.45, 7) is 0.451. The van der Waals surface area contributed by atoms with Gasteiger partial charge in [0.25, 0.3) is 5.91 Å². The van der Waals surface area contributed by atoms with Crippen molar-refractivity contribution in [2.75, 3.05) is 11.9 Å². The number of rotatable bonds is 4. The van der Waals surface area contributed by atoms with Crippen molar-refractivity contribution in [3.8, 4) is 5.69 Å². The van der Waals surface area contributed by atoms with Gasteiger partial charge in [-0.3, -0.25) is 4.79 Å². The quantitative estimate of drug-likeness (QED) is 0.898. The molecule has 0 spiro atoms. The van der Waals surface area contributed by atoms with Crippen molar-refractivity contribution in [2.45, 2.75) is 25.0 Å². The van der Waals surface area contributed by atoms with Crippen LogP contribution in [0.3, 0.4) is 0 Å². The topological polar surface area (TPSA) is 82.2 Å². The number of carbonyl (C=O) groups excluding carboxylic acids is 1. The van der Waals surface area contributed by atoms with E-state index < -0.39 is 6.10 Å². The molecule has 3 rings (SSSR count). The molecule has 0 bridgehead atoms. The summed E-state index contributed by atoms with van der Waals surface area (Å²) >= 11 is 0. The van der Waals surface area contributed by atoms with Crippen molar-refractivity contribution < 1.29 is 9.53 Å². The third-order valence-electron chi connectivity index (χ3n) is 3.52. The zero-order valence-electron chi connectivity index (χ0n) is 12.0. The number of para-hydroxylation sites is 1. The Morgan fingerprint density at radius 2 is 2.09 bits per heavy atom. The first-order valence-electron chi connectivity index (χ1n) is 7.04. The molecule has 1 aromatic carbocycles. The molecule has 1 aliphatic rings. The van der Waals surface area contributed by atoms with Gasteiger partial charge in [-0.15, -0.1) is 12.4 Å². The molecule has 0 saturated carbocycles. The van der Waals surface area contributed by atoms with Crippen molar-refractivity contribution in [3.05, 3.63) is 42.6 Å². The molecule has 6 nitrogen and oxygen atoms in total. The maximum Gasteiger partial charge on any atom is 0.254 e. The number of ether oxygens (including phenoxy) is 1. The minimum Gasteiger partial charge on any atom is -0.364 e. The lowest BCUT2D eigenvalue weighted by molar-refractivity contribution is -0.126. The maximum absolute atomic E-state index is 12.1. The van der Waals surface area contributed by atoms with Gasteiger partial charge in [0, 0.05) is 18.8 Å². The molecule has 1 fully saturated rings. The second kappa shape index (κ2) is 7.40. The van der Waals surface area contributed by atoms with Crippen molar-refractivity contribution in [2.24, 2.45) is 5.73 Å². The van der Waals surface area contributed by atoms with Gasteiger partial charge >= 0.3 is 0 Å². The average molecular weight is 323 g/mol. The van der Waals surface area contributed by atoms with E-state index in [2.05, 4.69) is 10.4 Å².